The maximum atomic E-state index is 6.16. The molecule has 0 radical (unpaired) electrons. The summed E-state index contributed by atoms with van der Waals surface area (Å²) in [6, 6.07) is 5.57. The Labute approximate surface area is 127 Å². The standard InChI is InChI=1S/C13H15Cl2N3S/c1-3-12-16-17-13(18(12)4-2)19-8-9-5-6-10(14)7-11(9)15/h5-7H,3-4,8H2,1-2H3. The van der Waals surface area contributed by atoms with Crippen LogP contribution < -0.4 is 0 Å². The number of thioether (sulfide) groups is 1. The number of rotatable bonds is 5. The van der Waals surface area contributed by atoms with Gasteiger partial charge in [-0.05, 0) is 24.6 Å². The molecule has 102 valence electrons. The van der Waals surface area contributed by atoms with Gasteiger partial charge in [-0.15, -0.1) is 10.2 Å². The fourth-order valence-corrected chi connectivity index (χ4v) is 3.37. The topological polar surface area (TPSA) is 30.7 Å². The number of aromatic nitrogens is 3. The van der Waals surface area contributed by atoms with Gasteiger partial charge in [0.15, 0.2) is 5.16 Å². The van der Waals surface area contributed by atoms with E-state index in [1.807, 2.05) is 12.1 Å². The van der Waals surface area contributed by atoms with Crippen LogP contribution in [0.4, 0.5) is 0 Å². The number of hydrogen-bond acceptors (Lipinski definition) is 3. The molecule has 0 N–H and O–H groups in total. The van der Waals surface area contributed by atoms with Gasteiger partial charge >= 0.3 is 0 Å². The lowest BCUT2D eigenvalue weighted by atomic mass is 10.2. The van der Waals surface area contributed by atoms with Crippen LogP contribution in [0.1, 0.15) is 25.2 Å². The second kappa shape index (κ2) is 6.64. The molecule has 2 aromatic rings. The average Bonchev–Trinajstić information content (AvgIpc) is 2.79. The third-order valence-corrected chi connectivity index (χ3v) is 4.40. The molecule has 0 bridgehead atoms. The maximum Gasteiger partial charge on any atom is 0.191 e. The van der Waals surface area contributed by atoms with Crippen molar-refractivity contribution >= 4 is 35.0 Å². The van der Waals surface area contributed by atoms with E-state index >= 15 is 0 Å². The largest absolute Gasteiger partial charge is 0.306 e. The highest BCUT2D eigenvalue weighted by atomic mass is 35.5. The number of hydrogen-bond donors (Lipinski definition) is 0. The van der Waals surface area contributed by atoms with Crippen molar-refractivity contribution in [3.63, 3.8) is 0 Å². The van der Waals surface area contributed by atoms with Gasteiger partial charge in [-0.2, -0.15) is 0 Å². The van der Waals surface area contributed by atoms with Gasteiger partial charge in [0.1, 0.15) is 5.82 Å². The highest BCUT2D eigenvalue weighted by Crippen LogP contribution is 2.28. The minimum absolute atomic E-state index is 0.656. The van der Waals surface area contributed by atoms with Crippen LogP contribution in [0.15, 0.2) is 23.4 Å². The van der Waals surface area contributed by atoms with Crippen molar-refractivity contribution in [3.8, 4) is 0 Å². The number of benzene rings is 1. The zero-order chi connectivity index (χ0) is 13.8. The molecule has 1 aromatic heterocycles. The normalized spacial score (nSPS) is 10.9. The van der Waals surface area contributed by atoms with E-state index in [2.05, 4.69) is 28.6 Å². The first-order valence-electron chi connectivity index (χ1n) is 6.14. The summed E-state index contributed by atoms with van der Waals surface area (Å²) < 4.78 is 2.13. The summed E-state index contributed by atoms with van der Waals surface area (Å²) in [6.45, 7) is 5.06. The summed E-state index contributed by atoms with van der Waals surface area (Å²) in [5.74, 6) is 1.78. The fraction of sp³-hybridized carbons (Fsp3) is 0.385. The highest BCUT2D eigenvalue weighted by Gasteiger charge is 2.10. The fourth-order valence-electron chi connectivity index (χ4n) is 1.79. The van der Waals surface area contributed by atoms with Crippen LogP contribution >= 0.6 is 35.0 Å². The van der Waals surface area contributed by atoms with E-state index in [-0.39, 0.29) is 0 Å². The first-order chi connectivity index (χ1) is 9.15. The van der Waals surface area contributed by atoms with Crippen LogP contribution in [-0.2, 0) is 18.7 Å². The van der Waals surface area contributed by atoms with Gasteiger partial charge in [0.25, 0.3) is 0 Å². The predicted molar refractivity (Wildman–Crippen MR) is 81.1 cm³/mol. The van der Waals surface area contributed by atoms with Gasteiger partial charge in [-0.3, -0.25) is 0 Å². The Hall–Kier alpha value is -0.710. The Morgan fingerprint density at radius 3 is 2.63 bits per heavy atom. The molecule has 3 nitrogen and oxygen atoms in total. The molecule has 0 aliphatic heterocycles. The van der Waals surface area contributed by atoms with Crippen LogP contribution in [0.3, 0.4) is 0 Å². The van der Waals surface area contributed by atoms with Gasteiger partial charge in [0.05, 0.1) is 0 Å². The molecule has 0 saturated heterocycles. The average molecular weight is 316 g/mol. The molecule has 0 amide bonds. The van der Waals surface area contributed by atoms with Gasteiger partial charge in [-0.1, -0.05) is 48.0 Å². The molecule has 0 aliphatic carbocycles. The summed E-state index contributed by atoms with van der Waals surface area (Å²) in [5.41, 5.74) is 1.06. The van der Waals surface area contributed by atoms with Crippen LogP contribution in [-0.4, -0.2) is 14.8 Å². The molecule has 2 rings (SSSR count). The van der Waals surface area contributed by atoms with E-state index in [0.29, 0.717) is 10.0 Å². The second-order valence-electron chi connectivity index (χ2n) is 4.02. The molecule has 0 unspecified atom stereocenters. The monoisotopic (exact) mass is 315 g/mol. The van der Waals surface area contributed by atoms with Crippen molar-refractivity contribution in [2.75, 3.05) is 0 Å². The third kappa shape index (κ3) is 3.44. The zero-order valence-corrected chi connectivity index (χ0v) is 13.2. The van der Waals surface area contributed by atoms with Crippen LogP contribution in [0.5, 0.6) is 0 Å². The molecule has 0 saturated carbocycles. The molecule has 1 aromatic carbocycles. The van der Waals surface area contributed by atoms with Gasteiger partial charge in [0.2, 0.25) is 0 Å². The quantitative estimate of drug-likeness (QED) is 0.763. The summed E-state index contributed by atoms with van der Waals surface area (Å²) >= 11 is 13.7. The van der Waals surface area contributed by atoms with Crippen molar-refractivity contribution in [2.24, 2.45) is 0 Å². The molecular formula is C13H15Cl2N3S. The van der Waals surface area contributed by atoms with E-state index in [1.54, 1.807) is 17.8 Å². The van der Waals surface area contributed by atoms with Crippen molar-refractivity contribution in [3.05, 3.63) is 39.6 Å². The lowest BCUT2D eigenvalue weighted by Crippen LogP contribution is -2.02. The van der Waals surface area contributed by atoms with Crippen LogP contribution in [0.25, 0.3) is 0 Å². The Bertz CT molecular complexity index is 569. The Balaban J connectivity index is 2.12. The molecule has 0 fully saturated rings. The molecule has 0 aliphatic rings. The summed E-state index contributed by atoms with van der Waals surface area (Å²) in [6.07, 6.45) is 0.892. The van der Waals surface area contributed by atoms with E-state index in [0.717, 1.165) is 35.3 Å². The van der Waals surface area contributed by atoms with Crippen molar-refractivity contribution < 1.29 is 0 Å². The highest BCUT2D eigenvalue weighted by molar-refractivity contribution is 7.98. The summed E-state index contributed by atoms with van der Waals surface area (Å²) in [7, 11) is 0. The molecule has 0 spiro atoms. The zero-order valence-electron chi connectivity index (χ0n) is 10.9. The smallest absolute Gasteiger partial charge is 0.191 e. The van der Waals surface area contributed by atoms with E-state index in [9.17, 15) is 0 Å². The minimum atomic E-state index is 0.656. The molecule has 1 heterocycles. The first kappa shape index (κ1) is 14.7. The Morgan fingerprint density at radius 1 is 1.21 bits per heavy atom. The van der Waals surface area contributed by atoms with E-state index < -0.39 is 0 Å². The van der Waals surface area contributed by atoms with Crippen LogP contribution in [0.2, 0.25) is 10.0 Å². The SMILES string of the molecule is CCc1nnc(SCc2ccc(Cl)cc2Cl)n1CC. The van der Waals surface area contributed by atoms with E-state index in [4.69, 9.17) is 23.2 Å². The molecule has 19 heavy (non-hydrogen) atoms. The van der Waals surface area contributed by atoms with Gasteiger partial charge in [-0.25, -0.2) is 0 Å². The number of halogens is 2. The van der Waals surface area contributed by atoms with Gasteiger partial charge < -0.3 is 4.57 Å². The molecule has 0 atom stereocenters. The summed E-state index contributed by atoms with van der Waals surface area (Å²) in [4.78, 5) is 0. The number of nitrogens with zero attached hydrogens (tertiary/aromatic N) is 3. The van der Waals surface area contributed by atoms with Gasteiger partial charge in [0, 0.05) is 28.8 Å². The third-order valence-electron chi connectivity index (χ3n) is 2.80. The van der Waals surface area contributed by atoms with Crippen molar-refractivity contribution in [2.45, 2.75) is 37.7 Å². The predicted octanol–water partition coefficient (Wildman–Crippen LogP) is 4.46. The lowest BCUT2D eigenvalue weighted by molar-refractivity contribution is 0.647. The second-order valence-corrected chi connectivity index (χ2v) is 5.81. The molecule has 6 heteroatoms. The molecular weight excluding hydrogens is 301 g/mol. The minimum Gasteiger partial charge on any atom is -0.306 e. The maximum absolute atomic E-state index is 6.16. The summed E-state index contributed by atoms with van der Waals surface area (Å²) in [5, 5.41) is 10.7. The lowest BCUT2D eigenvalue weighted by Gasteiger charge is -2.07. The first-order valence-corrected chi connectivity index (χ1v) is 7.88. The van der Waals surface area contributed by atoms with E-state index in [1.165, 1.54) is 0 Å². The Morgan fingerprint density at radius 2 is 2.00 bits per heavy atom. The Kier molecular flexibility index (Phi) is 5.13. The van der Waals surface area contributed by atoms with Crippen molar-refractivity contribution in [1.29, 1.82) is 0 Å². The number of aryl methyl sites for hydroxylation is 1. The van der Waals surface area contributed by atoms with Crippen molar-refractivity contribution in [1.82, 2.24) is 14.8 Å². The van der Waals surface area contributed by atoms with Crippen LogP contribution in [0, 0.1) is 0 Å².